The molecule has 4 nitrogen and oxygen atoms in total. The summed E-state index contributed by atoms with van der Waals surface area (Å²) in [6.07, 6.45) is 2.33. The molecule has 0 aliphatic rings. The molecule has 0 radical (unpaired) electrons. The second kappa shape index (κ2) is 6.23. The van der Waals surface area contributed by atoms with Gasteiger partial charge in [-0.15, -0.1) is 0 Å². The van der Waals surface area contributed by atoms with Gasteiger partial charge in [0.25, 0.3) is 5.91 Å². The molecule has 1 heterocycles. The maximum absolute atomic E-state index is 11.6. The van der Waals surface area contributed by atoms with Crippen LogP contribution in [-0.4, -0.2) is 22.3 Å². The van der Waals surface area contributed by atoms with E-state index in [0.717, 1.165) is 6.42 Å². The highest BCUT2D eigenvalue weighted by atomic mass is 79.9. The lowest BCUT2D eigenvalue weighted by molar-refractivity contribution is 0.0949. The molecule has 1 atom stereocenters. The average Bonchev–Trinajstić information content (AvgIpc) is 2.35. The van der Waals surface area contributed by atoms with Crippen LogP contribution in [0.4, 0.5) is 0 Å². The van der Waals surface area contributed by atoms with E-state index in [0.29, 0.717) is 17.8 Å². The molecule has 0 aliphatic heterocycles. The van der Waals surface area contributed by atoms with Gasteiger partial charge >= 0.3 is 0 Å². The van der Waals surface area contributed by atoms with Crippen molar-refractivity contribution in [2.45, 2.75) is 18.2 Å². The zero-order chi connectivity index (χ0) is 12.0. The normalized spacial score (nSPS) is 11.6. The molecule has 0 spiro atoms. The summed E-state index contributed by atoms with van der Waals surface area (Å²) in [7, 11) is 0. The molecule has 16 heavy (non-hydrogen) atoms. The van der Waals surface area contributed by atoms with Gasteiger partial charge in [0.1, 0.15) is 11.8 Å². The minimum atomic E-state index is -0.220. The van der Waals surface area contributed by atoms with Crippen LogP contribution >= 0.6 is 15.9 Å². The Hall–Kier alpha value is -1.41. The molecule has 0 aliphatic carbocycles. The van der Waals surface area contributed by atoms with Crippen LogP contribution in [-0.2, 0) is 0 Å². The van der Waals surface area contributed by atoms with Crippen LogP contribution in [0.25, 0.3) is 0 Å². The zero-order valence-electron chi connectivity index (χ0n) is 8.90. The number of carbonyl (C=O) groups is 1. The molecule has 84 valence electrons. The van der Waals surface area contributed by atoms with E-state index in [4.69, 9.17) is 5.26 Å². The topological polar surface area (TPSA) is 65.8 Å². The van der Waals surface area contributed by atoms with Gasteiger partial charge in [0, 0.05) is 17.6 Å². The Balaban J connectivity index is 2.57. The minimum absolute atomic E-state index is 0.220. The Bertz CT molecular complexity index is 397. The summed E-state index contributed by atoms with van der Waals surface area (Å²) in [6.45, 7) is 2.60. The number of hydrogen-bond acceptors (Lipinski definition) is 3. The smallest absolute Gasteiger partial charge is 0.269 e. The lowest BCUT2D eigenvalue weighted by Gasteiger charge is -2.08. The van der Waals surface area contributed by atoms with Crippen LogP contribution in [0.5, 0.6) is 0 Å². The van der Waals surface area contributed by atoms with Crippen LogP contribution < -0.4 is 5.32 Å². The SMILES string of the molecule is CCC(Br)CNC(=O)c1ccc(C#N)cn1. The Morgan fingerprint density at radius 1 is 1.69 bits per heavy atom. The second-order valence-electron chi connectivity index (χ2n) is 3.26. The highest BCUT2D eigenvalue weighted by molar-refractivity contribution is 9.09. The summed E-state index contributed by atoms with van der Waals surface area (Å²) in [5.41, 5.74) is 0.776. The van der Waals surface area contributed by atoms with Crippen molar-refractivity contribution in [3.05, 3.63) is 29.6 Å². The maximum Gasteiger partial charge on any atom is 0.269 e. The first-order valence-corrected chi connectivity index (χ1v) is 5.87. The summed E-state index contributed by atoms with van der Waals surface area (Å²) >= 11 is 3.42. The average molecular weight is 282 g/mol. The summed E-state index contributed by atoms with van der Waals surface area (Å²) in [4.78, 5) is 15.8. The van der Waals surface area contributed by atoms with E-state index in [9.17, 15) is 4.79 Å². The van der Waals surface area contributed by atoms with Gasteiger partial charge in [0.05, 0.1) is 5.56 Å². The second-order valence-corrected chi connectivity index (χ2v) is 4.55. The molecule has 0 fully saturated rings. The first kappa shape index (κ1) is 12.7. The number of halogens is 1. The number of carbonyl (C=O) groups excluding carboxylic acids is 1. The van der Waals surface area contributed by atoms with Crippen molar-refractivity contribution in [2.75, 3.05) is 6.54 Å². The Morgan fingerprint density at radius 2 is 2.44 bits per heavy atom. The van der Waals surface area contributed by atoms with Crippen LogP contribution in [0.2, 0.25) is 0 Å². The molecule has 0 aromatic carbocycles. The monoisotopic (exact) mass is 281 g/mol. The first-order chi connectivity index (χ1) is 7.67. The van der Waals surface area contributed by atoms with E-state index in [1.807, 2.05) is 13.0 Å². The number of pyridine rings is 1. The molecule has 1 amide bonds. The quantitative estimate of drug-likeness (QED) is 0.857. The van der Waals surface area contributed by atoms with Crippen molar-refractivity contribution in [3.8, 4) is 6.07 Å². The molecule has 1 rings (SSSR count). The number of nitrogens with zero attached hydrogens (tertiary/aromatic N) is 2. The molecular formula is C11H12BrN3O. The van der Waals surface area contributed by atoms with Gasteiger partial charge in [-0.2, -0.15) is 5.26 Å². The van der Waals surface area contributed by atoms with E-state index in [1.54, 1.807) is 12.1 Å². The zero-order valence-corrected chi connectivity index (χ0v) is 10.5. The largest absolute Gasteiger partial charge is 0.350 e. The van der Waals surface area contributed by atoms with Gasteiger partial charge in [-0.25, -0.2) is 4.98 Å². The van der Waals surface area contributed by atoms with E-state index in [-0.39, 0.29) is 10.7 Å². The predicted octanol–water partition coefficient (Wildman–Crippen LogP) is 1.86. The molecule has 0 saturated carbocycles. The maximum atomic E-state index is 11.6. The van der Waals surface area contributed by atoms with Crippen molar-refractivity contribution in [2.24, 2.45) is 0 Å². The van der Waals surface area contributed by atoms with Crippen LogP contribution in [0, 0.1) is 11.3 Å². The number of nitriles is 1. The molecule has 0 saturated heterocycles. The predicted molar refractivity (Wildman–Crippen MR) is 64.3 cm³/mol. The van der Waals surface area contributed by atoms with Crippen LogP contribution in [0.1, 0.15) is 29.4 Å². The molecule has 1 aromatic heterocycles. The third kappa shape index (κ3) is 3.63. The summed E-state index contributed by atoms with van der Waals surface area (Å²) in [6, 6.07) is 5.07. The van der Waals surface area contributed by atoms with Crippen molar-refractivity contribution < 1.29 is 4.79 Å². The molecule has 1 aromatic rings. The lowest BCUT2D eigenvalue weighted by Crippen LogP contribution is -2.29. The van der Waals surface area contributed by atoms with E-state index >= 15 is 0 Å². The number of nitrogens with one attached hydrogen (secondary N) is 1. The number of rotatable bonds is 4. The summed E-state index contributed by atoms with van der Waals surface area (Å²) in [5.74, 6) is -0.220. The van der Waals surface area contributed by atoms with Gasteiger partial charge in [0.2, 0.25) is 0 Å². The molecule has 5 heteroatoms. The van der Waals surface area contributed by atoms with Gasteiger partial charge < -0.3 is 5.32 Å². The fraction of sp³-hybridized carbons (Fsp3) is 0.364. The van der Waals surface area contributed by atoms with Crippen molar-refractivity contribution in [1.29, 1.82) is 5.26 Å². The third-order valence-electron chi connectivity index (χ3n) is 2.05. The van der Waals surface area contributed by atoms with Crippen molar-refractivity contribution >= 4 is 21.8 Å². The van der Waals surface area contributed by atoms with Gasteiger partial charge in [0.15, 0.2) is 0 Å². The van der Waals surface area contributed by atoms with E-state index < -0.39 is 0 Å². The Morgan fingerprint density at radius 3 is 2.94 bits per heavy atom. The summed E-state index contributed by atoms with van der Waals surface area (Å²) in [5, 5.41) is 11.3. The fourth-order valence-electron chi connectivity index (χ4n) is 1.03. The number of hydrogen-bond donors (Lipinski definition) is 1. The van der Waals surface area contributed by atoms with Crippen LogP contribution in [0.3, 0.4) is 0 Å². The van der Waals surface area contributed by atoms with Crippen LogP contribution in [0.15, 0.2) is 18.3 Å². The molecule has 1 N–H and O–H groups in total. The molecule has 0 bridgehead atoms. The molecular weight excluding hydrogens is 270 g/mol. The van der Waals surface area contributed by atoms with Crippen molar-refractivity contribution in [1.82, 2.24) is 10.3 Å². The Labute approximate surface area is 103 Å². The highest BCUT2D eigenvalue weighted by Crippen LogP contribution is 2.03. The lowest BCUT2D eigenvalue weighted by atomic mass is 10.2. The number of aromatic nitrogens is 1. The van der Waals surface area contributed by atoms with E-state index in [2.05, 4.69) is 26.2 Å². The van der Waals surface area contributed by atoms with Gasteiger partial charge in [-0.3, -0.25) is 4.79 Å². The van der Waals surface area contributed by atoms with Crippen molar-refractivity contribution in [3.63, 3.8) is 0 Å². The number of amides is 1. The van der Waals surface area contributed by atoms with E-state index in [1.165, 1.54) is 6.20 Å². The minimum Gasteiger partial charge on any atom is -0.350 e. The highest BCUT2D eigenvalue weighted by Gasteiger charge is 2.08. The third-order valence-corrected chi connectivity index (χ3v) is 3.02. The summed E-state index contributed by atoms with van der Waals surface area (Å²) < 4.78 is 0. The first-order valence-electron chi connectivity index (χ1n) is 4.95. The van der Waals surface area contributed by atoms with Gasteiger partial charge in [-0.1, -0.05) is 22.9 Å². The Kier molecular flexibility index (Phi) is 4.93. The standard InChI is InChI=1S/C11H12BrN3O/c1-2-9(12)7-15-11(16)10-4-3-8(5-13)6-14-10/h3-4,6,9H,2,7H2,1H3,(H,15,16). The molecule has 1 unspecified atom stereocenters. The number of alkyl halides is 1. The van der Waals surface area contributed by atoms with Gasteiger partial charge in [-0.05, 0) is 18.6 Å². The fourth-order valence-corrected chi connectivity index (χ4v) is 1.19.